The van der Waals surface area contributed by atoms with E-state index < -0.39 is 0 Å². The van der Waals surface area contributed by atoms with Crippen LogP contribution in [0.3, 0.4) is 0 Å². The number of nitrogens with one attached hydrogen (secondary N) is 1. The number of ether oxygens (including phenoxy) is 1. The molecule has 3 N–H and O–H groups in total. The van der Waals surface area contributed by atoms with Crippen molar-refractivity contribution in [1.82, 2.24) is 0 Å². The Kier molecular flexibility index (Phi) is 9.26. The highest BCUT2D eigenvalue weighted by atomic mass is 127. The molecule has 0 saturated carbocycles. The molecule has 2 aromatic rings. The number of aliphatic imine (C=N–C) groups is 1. The van der Waals surface area contributed by atoms with E-state index in [4.69, 9.17) is 10.5 Å². The zero-order chi connectivity index (χ0) is 17.4. The number of hydrogen-bond acceptors (Lipinski definition) is 2. The van der Waals surface area contributed by atoms with Crippen LogP contribution in [0.4, 0.5) is 10.1 Å². The van der Waals surface area contributed by atoms with Crippen molar-refractivity contribution < 1.29 is 9.13 Å². The summed E-state index contributed by atoms with van der Waals surface area (Å²) >= 11 is 0. The molecule has 4 nitrogen and oxygen atoms in total. The third-order valence-corrected chi connectivity index (χ3v) is 3.29. The third-order valence-electron chi connectivity index (χ3n) is 3.29. The van der Waals surface area contributed by atoms with Crippen LogP contribution < -0.4 is 15.8 Å². The van der Waals surface area contributed by atoms with Gasteiger partial charge in [0.05, 0.1) is 6.10 Å². The number of nitrogens with two attached hydrogens (primary N) is 1. The Hall–Kier alpha value is -1.83. The van der Waals surface area contributed by atoms with Gasteiger partial charge in [0.1, 0.15) is 11.6 Å². The molecule has 0 bridgehead atoms. The number of guanidine groups is 1. The summed E-state index contributed by atoms with van der Waals surface area (Å²) in [4.78, 5) is 4.29. The summed E-state index contributed by atoms with van der Waals surface area (Å²) in [6.07, 6.45) is 1.73. The van der Waals surface area contributed by atoms with Gasteiger partial charge in [0.25, 0.3) is 0 Å². The van der Waals surface area contributed by atoms with Crippen LogP contribution in [-0.2, 0) is 6.42 Å². The third kappa shape index (κ3) is 8.20. The first-order valence-corrected chi connectivity index (χ1v) is 8.11. The van der Waals surface area contributed by atoms with E-state index in [1.807, 2.05) is 44.2 Å². The van der Waals surface area contributed by atoms with Crippen molar-refractivity contribution >= 4 is 35.6 Å². The van der Waals surface area contributed by atoms with Gasteiger partial charge in [-0.05, 0) is 68.7 Å². The zero-order valence-corrected chi connectivity index (χ0v) is 16.9. The molecule has 0 fully saturated rings. The van der Waals surface area contributed by atoms with Crippen LogP contribution in [0.5, 0.6) is 5.75 Å². The summed E-state index contributed by atoms with van der Waals surface area (Å²) < 4.78 is 18.7. The van der Waals surface area contributed by atoms with Gasteiger partial charge in [0.15, 0.2) is 5.96 Å². The molecule has 0 radical (unpaired) electrons. The van der Waals surface area contributed by atoms with E-state index >= 15 is 0 Å². The molecule has 0 amide bonds. The van der Waals surface area contributed by atoms with Gasteiger partial charge in [-0.2, -0.15) is 0 Å². The highest BCUT2D eigenvalue weighted by Crippen LogP contribution is 2.16. The van der Waals surface area contributed by atoms with Crippen LogP contribution in [0.15, 0.2) is 53.5 Å². The molecule has 0 aliphatic rings. The minimum absolute atomic E-state index is 0. The number of rotatable bonds is 7. The van der Waals surface area contributed by atoms with Crippen LogP contribution in [0.25, 0.3) is 0 Å². The smallest absolute Gasteiger partial charge is 0.193 e. The minimum atomic E-state index is -0.206. The van der Waals surface area contributed by atoms with E-state index in [2.05, 4.69) is 10.3 Å². The van der Waals surface area contributed by atoms with E-state index in [0.717, 1.165) is 29.8 Å². The lowest BCUT2D eigenvalue weighted by molar-refractivity contribution is 0.242. The van der Waals surface area contributed by atoms with Gasteiger partial charge >= 0.3 is 0 Å². The SMILES string of the molecule is CC(C)Oc1ccc(NC(N)=NCCCc2cccc(F)c2)cc1.I. The van der Waals surface area contributed by atoms with Crippen LogP contribution >= 0.6 is 24.0 Å². The maximum absolute atomic E-state index is 13.1. The molecule has 0 unspecified atom stereocenters. The summed E-state index contributed by atoms with van der Waals surface area (Å²) in [6.45, 7) is 4.56. The summed E-state index contributed by atoms with van der Waals surface area (Å²) in [5.74, 6) is 0.981. The molecule has 0 atom stereocenters. The Morgan fingerprint density at radius 3 is 2.56 bits per heavy atom. The number of halogens is 2. The monoisotopic (exact) mass is 457 g/mol. The highest BCUT2D eigenvalue weighted by Gasteiger charge is 2.00. The molecule has 6 heteroatoms. The minimum Gasteiger partial charge on any atom is -0.491 e. The molecule has 0 spiro atoms. The Bertz CT molecular complexity index is 675. The topological polar surface area (TPSA) is 59.6 Å². The number of hydrogen-bond donors (Lipinski definition) is 2. The van der Waals surface area contributed by atoms with Gasteiger partial charge in [-0.3, -0.25) is 4.99 Å². The van der Waals surface area contributed by atoms with Crippen molar-refractivity contribution in [2.24, 2.45) is 10.7 Å². The molecule has 2 rings (SSSR count). The largest absolute Gasteiger partial charge is 0.491 e. The molecular formula is C19H25FIN3O. The van der Waals surface area contributed by atoms with Crippen molar-refractivity contribution in [3.8, 4) is 5.75 Å². The van der Waals surface area contributed by atoms with Gasteiger partial charge in [0, 0.05) is 12.2 Å². The van der Waals surface area contributed by atoms with E-state index in [1.165, 1.54) is 6.07 Å². The van der Waals surface area contributed by atoms with Crippen molar-refractivity contribution in [2.75, 3.05) is 11.9 Å². The average molecular weight is 457 g/mol. The Labute approximate surface area is 165 Å². The van der Waals surface area contributed by atoms with Gasteiger partial charge in [-0.15, -0.1) is 24.0 Å². The summed E-state index contributed by atoms with van der Waals surface area (Å²) in [5.41, 5.74) is 7.70. The second-order valence-electron chi connectivity index (χ2n) is 5.82. The second-order valence-corrected chi connectivity index (χ2v) is 5.82. The standard InChI is InChI=1S/C19H24FN3O.HI/c1-14(2)24-18-10-8-17(9-11-18)23-19(21)22-12-4-6-15-5-3-7-16(20)13-15;/h3,5,7-11,13-14H,4,6,12H2,1-2H3,(H3,21,22,23);1H. The second kappa shape index (κ2) is 10.9. The number of benzene rings is 2. The van der Waals surface area contributed by atoms with Crippen molar-refractivity contribution in [3.05, 3.63) is 59.9 Å². The van der Waals surface area contributed by atoms with Crippen molar-refractivity contribution in [1.29, 1.82) is 0 Å². The molecule has 0 aliphatic heterocycles. The molecule has 0 heterocycles. The fourth-order valence-electron chi connectivity index (χ4n) is 2.25. The molecule has 0 aliphatic carbocycles. The first-order valence-electron chi connectivity index (χ1n) is 8.11. The Morgan fingerprint density at radius 2 is 1.92 bits per heavy atom. The van der Waals surface area contributed by atoms with Gasteiger partial charge in [-0.1, -0.05) is 12.1 Å². The number of anilines is 1. The van der Waals surface area contributed by atoms with E-state index in [-0.39, 0.29) is 35.9 Å². The summed E-state index contributed by atoms with van der Waals surface area (Å²) in [6, 6.07) is 14.2. The molecular weight excluding hydrogens is 432 g/mol. The lowest BCUT2D eigenvalue weighted by Gasteiger charge is -2.11. The van der Waals surface area contributed by atoms with Crippen LogP contribution in [0, 0.1) is 5.82 Å². The lowest BCUT2D eigenvalue weighted by Crippen LogP contribution is -2.22. The van der Waals surface area contributed by atoms with Crippen LogP contribution in [0.1, 0.15) is 25.8 Å². The number of aryl methyl sites for hydroxylation is 1. The fourth-order valence-corrected chi connectivity index (χ4v) is 2.25. The predicted molar refractivity (Wildman–Crippen MR) is 112 cm³/mol. The Morgan fingerprint density at radius 1 is 1.20 bits per heavy atom. The maximum Gasteiger partial charge on any atom is 0.193 e. The molecule has 0 aromatic heterocycles. The normalized spacial score (nSPS) is 11.1. The summed E-state index contributed by atoms with van der Waals surface area (Å²) in [5, 5.41) is 3.04. The molecule has 0 saturated heterocycles. The van der Waals surface area contributed by atoms with E-state index in [0.29, 0.717) is 12.5 Å². The summed E-state index contributed by atoms with van der Waals surface area (Å²) in [7, 11) is 0. The fraction of sp³-hybridized carbons (Fsp3) is 0.316. The van der Waals surface area contributed by atoms with Crippen molar-refractivity contribution in [3.63, 3.8) is 0 Å². The predicted octanol–water partition coefficient (Wildman–Crippen LogP) is 4.59. The zero-order valence-electron chi connectivity index (χ0n) is 14.5. The molecule has 136 valence electrons. The first kappa shape index (κ1) is 21.2. The highest BCUT2D eigenvalue weighted by molar-refractivity contribution is 14.0. The molecule has 2 aromatic carbocycles. The van der Waals surface area contributed by atoms with Crippen molar-refractivity contribution in [2.45, 2.75) is 32.8 Å². The molecule has 25 heavy (non-hydrogen) atoms. The van der Waals surface area contributed by atoms with E-state index in [1.54, 1.807) is 12.1 Å². The van der Waals surface area contributed by atoms with E-state index in [9.17, 15) is 4.39 Å². The van der Waals surface area contributed by atoms with Gasteiger partial charge < -0.3 is 15.8 Å². The van der Waals surface area contributed by atoms with Crippen LogP contribution in [-0.4, -0.2) is 18.6 Å². The van der Waals surface area contributed by atoms with Gasteiger partial charge in [0.2, 0.25) is 0 Å². The number of nitrogens with zero attached hydrogens (tertiary/aromatic N) is 1. The quantitative estimate of drug-likeness (QED) is 0.277. The lowest BCUT2D eigenvalue weighted by atomic mass is 10.1. The first-order chi connectivity index (χ1) is 11.5. The van der Waals surface area contributed by atoms with Gasteiger partial charge in [-0.25, -0.2) is 4.39 Å². The van der Waals surface area contributed by atoms with Crippen LogP contribution in [0.2, 0.25) is 0 Å². The Balaban J connectivity index is 0.00000312. The maximum atomic E-state index is 13.1. The average Bonchev–Trinajstić information content (AvgIpc) is 2.53.